The van der Waals surface area contributed by atoms with Gasteiger partial charge >= 0.3 is 0 Å². The molecule has 2 atom stereocenters. The van der Waals surface area contributed by atoms with Gasteiger partial charge in [-0.15, -0.1) is 11.3 Å². The number of rotatable bonds is 4. The van der Waals surface area contributed by atoms with Crippen molar-refractivity contribution in [3.63, 3.8) is 0 Å². The van der Waals surface area contributed by atoms with Gasteiger partial charge in [-0.2, -0.15) is 0 Å². The zero-order valence-electron chi connectivity index (χ0n) is 9.21. The Labute approximate surface area is 110 Å². The summed E-state index contributed by atoms with van der Waals surface area (Å²) in [6, 6.07) is 11.2. The predicted molar refractivity (Wildman–Crippen MR) is 72.5 cm³/mol. The molecule has 0 saturated carbocycles. The summed E-state index contributed by atoms with van der Waals surface area (Å²) in [7, 11) is 0. The van der Waals surface area contributed by atoms with Gasteiger partial charge < -0.3 is 10.8 Å². The first-order valence-electron chi connectivity index (χ1n) is 5.39. The van der Waals surface area contributed by atoms with Crippen molar-refractivity contribution in [1.29, 1.82) is 0 Å². The molecule has 0 amide bonds. The van der Waals surface area contributed by atoms with Crippen molar-refractivity contribution in [2.24, 2.45) is 5.73 Å². The van der Waals surface area contributed by atoms with E-state index in [9.17, 15) is 5.11 Å². The van der Waals surface area contributed by atoms with Gasteiger partial charge in [0, 0.05) is 22.4 Å². The second kappa shape index (κ2) is 5.65. The fourth-order valence-corrected chi connectivity index (χ4v) is 2.90. The second-order valence-corrected chi connectivity index (χ2v) is 5.27. The molecule has 2 aromatic rings. The van der Waals surface area contributed by atoms with Gasteiger partial charge in [-0.05, 0) is 29.1 Å². The van der Waals surface area contributed by atoms with Crippen molar-refractivity contribution in [3.05, 3.63) is 57.2 Å². The quantitative estimate of drug-likeness (QED) is 0.894. The molecule has 0 bridgehead atoms. The van der Waals surface area contributed by atoms with Crippen LogP contribution in [0, 0.1) is 0 Å². The molecule has 2 rings (SSSR count). The Morgan fingerprint density at radius 1 is 1.29 bits per heavy atom. The van der Waals surface area contributed by atoms with E-state index in [1.807, 2.05) is 29.6 Å². The molecule has 0 spiro atoms. The van der Waals surface area contributed by atoms with Crippen molar-refractivity contribution >= 4 is 22.9 Å². The molecule has 1 aromatic carbocycles. The third kappa shape index (κ3) is 2.87. The molecule has 0 saturated heterocycles. The van der Waals surface area contributed by atoms with Crippen LogP contribution in [-0.2, 0) is 0 Å². The molecule has 0 aliphatic rings. The average Bonchev–Trinajstić information content (AvgIpc) is 2.83. The van der Waals surface area contributed by atoms with Crippen LogP contribution in [0.1, 0.15) is 22.5 Å². The summed E-state index contributed by atoms with van der Waals surface area (Å²) >= 11 is 7.53. The third-order valence-corrected chi connectivity index (χ3v) is 3.97. The van der Waals surface area contributed by atoms with Crippen molar-refractivity contribution < 1.29 is 5.11 Å². The Balaban J connectivity index is 2.26. The summed E-state index contributed by atoms with van der Waals surface area (Å²) in [5, 5.41) is 13.0. The molecule has 17 heavy (non-hydrogen) atoms. The van der Waals surface area contributed by atoms with Crippen LogP contribution in [0.25, 0.3) is 0 Å². The Bertz CT molecular complexity index is 472. The van der Waals surface area contributed by atoms with Crippen LogP contribution in [0.3, 0.4) is 0 Å². The zero-order chi connectivity index (χ0) is 12.3. The second-order valence-electron chi connectivity index (χ2n) is 3.86. The largest absolute Gasteiger partial charge is 0.388 e. The summed E-state index contributed by atoms with van der Waals surface area (Å²) in [5.41, 5.74) is 6.56. The predicted octanol–water partition coefficient (Wildman–Crippen LogP) is 3.18. The number of hydrogen-bond acceptors (Lipinski definition) is 3. The third-order valence-electron chi connectivity index (χ3n) is 2.73. The van der Waals surface area contributed by atoms with Crippen LogP contribution in [0.2, 0.25) is 5.02 Å². The van der Waals surface area contributed by atoms with Gasteiger partial charge in [0.05, 0.1) is 6.10 Å². The molecule has 0 radical (unpaired) electrons. The van der Waals surface area contributed by atoms with Crippen LogP contribution in [-0.4, -0.2) is 11.7 Å². The van der Waals surface area contributed by atoms with E-state index in [1.165, 1.54) is 0 Å². The van der Waals surface area contributed by atoms with Gasteiger partial charge in [0.1, 0.15) is 0 Å². The van der Waals surface area contributed by atoms with E-state index in [0.29, 0.717) is 11.6 Å². The van der Waals surface area contributed by atoms with E-state index in [0.717, 1.165) is 10.4 Å². The lowest BCUT2D eigenvalue weighted by atomic mass is 9.94. The Morgan fingerprint density at radius 2 is 2.12 bits per heavy atom. The van der Waals surface area contributed by atoms with Crippen LogP contribution in [0.4, 0.5) is 0 Å². The molecule has 2 unspecified atom stereocenters. The van der Waals surface area contributed by atoms with E-state index in [-0.39, 0.29) is 5.92 Å². The summed E-state index contributed by atoms with van der Waals surface area (Å²) < 4.78 is 0. The van der Waals surface area contributed by atoms with E-state index in [1.54, 1.807) is 23.5 Å². The maximum Gasteiger partial charge on any atom is 0.0879 e. The lowest BCUT2D eigenvalue weighted by Crippen LogP contribution is -2.19. The molecular weight excluding hydrogens is 254 g/mol. The molecule has 0 aliphatic heterocycles. The maximum atomic E-state index is 10.3. The molecule has 0 aliphatic carbocycles. The van der Waals surface area contributed by atoms with Gasteiger partial charge in [-0.1, -0.05) is 29.8 Å². The molecule has 2 nitrogen and oxygen atoms in total. The standard InChI is InChI=1S/C13H14ClNOS/c14-10-4-1-3-9(7-10)13(16)11(8-15)12-5-2-6-17-12/h1-7,11,13,16H,8,15H2. The fraction of sp³-hybridized carbons (Fsp3) is 0.231. The maximum absolute atomic E-state index is 10.3. The molecule has 0 fully saturated rings. The summed E-state index contributed by atoms with van der Waals surface area (Å²) in [6.07, 6.45) is -0.614. The number of halogens is 1. The first-order chi connectivity index (χ1) is 8.22. The highest BCUT2D eigenvalue weighted by molar-refractivity contribution is 7.10. The molecule has 1 aromatic heterocycles. The summed E-state index contributed by atoms with van der Waals surface area (Å²) in [5.74, 6) is -0.0755. The number of hydrogen-bond donors (Lipinski definition) is 2. The Morgan fingerprint density at radius 3 is 2.71 bits per heavy atom. The number of aliphatic hydroxyl groups is 1. The number of thiophene rings is 1. The van der Waals surface area contributed by atoms with E-state index in [2.05, 4.69) is 0 Å². The highest BCUT2D eigenvalue weighted by Gasteiger charge is 2.22. The number of benzene rings is 1. The lowest BCUT2D eigenvalue weighted by molar-refractivity contribution is 0.149. The minimum atomic E-state index is -0.614. The van der Waals surface area contributed by atoms with E-state index >= 15 is 0 Å². The molecule has 3 N–H and O–H groups in total. The van der Waals surface area contributed by atoms with E-state index in [4.69, 9.17) is 17.3 Å². The molecule has 90 valence electrons. The Kier molecular flexibility index (Phi) is 4.18. The molecule has 1 heterocycles. The number of nitrogens with two attached hydrogens (primary N) is 1. The van der Waals surface area contributed by atoms with Crippen molar-refractivity contribution in [3.8, 4) is 0 Å². The molecule has 4 heteroatoms. The van der Waals surface area contributed by atoms with Gasteiger partial charge in [0.25, 0.3) is 0 Å². The summed E-state index contributed by atoms with van der Waals surface area (Å²) in [4.78, 5) is 1.10. The minimum absolute atomic E-state index is 0.0755. The highest BCUT2D eigenvalue weighted by atomic mass is 35.5. The number of aliphatic hydroxyl groups excluding tert-OH is 1. The average molecular weight is 268 g/mol. The van der Waals surface area contributed by atoms with E-state index < -0.39 is 6.10 Å². The Hall–Kier alpha value is -0.870. The monoisotopic (exact) mass is 267 g/mol. The molecular formula is C13H14ClNOS. The van der Waals surface area contributed by atoms with Crippen LogP contribution >= 0.6 is 22.9 Å². The van der Waals surface area contributed by atoms with Crippen LogP contribution < -0.4 is 5.73 Å². The fourth-order valence-electron chi connectivity index (χ4n) is 1.83. The van der Waals surface area contributed by atoms with Gasteiger partial charge in [-0.3, -0.25) is 0 Å². The zero-order valence-corrected chi connectivity index (χ0v) is 10.8. The van der Waals surface area contributed by atoms with Gasteiger partial charge in [-0.25, -0.2) is 0 Å². The first-order valence-corrected chi connectivity index (χ1v) is 6.65. The summed E-state index contributed by atoms with van der Waals surface area (Å²) in [6.45, 7) is 0.411. The lowest BCUT2D eigenvalue weighted by Gasteiger charge is -2.20. The normalized spacial score (nSPS) is 14.5. The highest BCUT2D eigenvalue weighted by Crippen LogP contribution is 2.33. The van der Waals surface area contributed by atoms with Gasteiger partial charge in [0.2, 0.25) is 0 Å². The minimum Gasteiger partial charge on any atom is -0.388 e. The SMILES string of the molecule is NCC(c1cccs1)C(O)c1cccc(Cl)c1. The smallest absolute Gasteiger partial charge is 0.0879 e. The first kappa shape index (κ1) is 12.6. The van der Waals surface area contributed by atoms with Crippen LogP contribution in [0.5, 0.6) is 0 Å². The van der Waals surface area contributed by atoms with Crippen molar-refractivity contribution in [1.82, 2.24) is 0 Å². The van der Waals surface area contributed by atoms with Crippen molar-refractivity contribution in [2.45, 2.75) is 12.0 Å². The topological polar surface area (TPSA) is 46.2 Å². The van der Waals surface area contributed by atoms with Crippen molar-refractivity contribution in [2.75, 3.05) is 6.54 Å². The van der Waals surface area contributed by atoms with Crippen LogP contribution in [0.15, 0.2) is 41.8 Å². The van der Waals surface area contributed by atoms with Gasteiger partial charge in [0.15, 0.2) is 0 Å².